The van der Waals surface area contributed by atoms with E-state index in [1.54, 1.807) is 31.3 Å². The zero-order valence-electron chi connectivity index (χ0n) is 17.7. The summed E-state index contributed by atoms with van der Waals surface area (Å²) in [5, 5.41) is 10.9. The molecule has 11 heteroatoms. The van der Waals surface area contributed by atoms with E-state index >= 15 is 0 Å². The normalized spacial score (nSPS) is 19.2. The van der Waals surface area contributed by atoms with Gasteiger partial charge < -0.3 is 25.1 Å². The van der Waals surface area contributed by atoms with Gasteiger partial charge in [-0.05, 0) is 24.6 Å². The van der Waals surface area contributed by atoms with Gasteiger partial charge in [0.25, 0.3) is 0 Å². The molecule has 0 aromatic heterocycles. The van der Waals surface area contributed by atoms with E-state index in [2.05, 4.69) is 5.32 Å². The number of rotatable bonds is 6. The highest BCUT2D eigenvalue weighted by Gasteiger charge is 2.35. The predicted molar refractivity (Wildman–Crippen MR) is 113 cm³/mol. The molecule has 1 aromatic rings. The van der Waals surface area contributed by atoms with Gasteiger partial charge in [-0.2, -0.15) is 13.2 Å². The van der Waals surface area contributed by atoms with Gasteiger partial charge in [0.2, 0.25) is 5.91 Å². The first-order valence-electron chi connectivity index (χ1n) is 10.1. The average Bonchev–Trinajstić information content (AvgIpc) is 2.67. The number of nitrogens with one attached hydrogen (secondary N) is 2. The Morgan fingerprint density at radius 2 is 2.03 bits per heavy atom. The lowest BCUT2D eigenvalue weighted by atomic mass is 10.0. The second-order valence-electron chi connectivity index (χ2n) is 7.68. The lowest BCUT2D eigenvalue weighted by Gasteiger charge is -2.40. The van der Waals surface area contributed by atoms with Crippen molar-refractivity contribution in [3.8, 4) is 0 Å². The molecular weight excluding hydrogens is 429 g/mol. The molecule has 1 atom stereocenters. The Labute approximate surface area is 183 Å². The number of anilines is 2. The van der Waals surface area contributed by atoms with Crippen LogP contribution in [0.3, 0.4) is 0 Å². The fourth-order valence-electron chi connectivity index (χ4n) is 3.54. The van der Waals surface area contributed by atoms with E-state index < -0.39 is 31.3 Å². The topological polar surface area (TPSA) is 95.0 Å². The number of ether oxygens (including phenoxy) is 2. The van der Waals surface area contributed by atoms with E-state index in [0.717, 1.165) is 6.21 Å². The van der Waals surface area contributed by atoms with E-state index in [4.69, 9.17) is 14.9 Å². The highest BCUT2D eigenvalue weighted by Crippen LogP contribution is 2.38. The molecule has 0 spiro atoms. The smallest absolute Gasteiger partial charge is 0.414 e. The molecule has 2 aliphatic heterocycles. The summed E-state index contributed by atoms with van der Waals surface area (Å²) < 4.78 is 47.3. The molecule has 1 aromatic carbocycles. The maximum absolute atomic E-state index is 12.6. The highest BCUT2D eigenvalue weighted by molar-refractivity contribution is 6.10. The van der Waals surface area contributed by atoms with Crippen molar-refractivity contribution in [1.82, 2.24) is 5.32 Å². The van der Waals surface area contributed by atoms with Crippen LogP contribution in [0.15, 0.2) is 24.4 Å². The van der Waals surface area contributed by atoms with Crippen LogP contribution in [-0.4, -0.2) is 62.8 Å². The van der Waals surface area contributed by atoms with Crippen LogP contribution in [-0.2, 0) is 14.3 Å². The molecule has 174 valence electrons. The monoisotopic (exact) mass is 454 g/mol. The number of carbonyl (C=O) groups is 2. The maximum atomic E-state index is 12.6. The second-order valence-corrected chi connectivity index (χ2v) is 7.68. The van der Waals surface area contributed by atoms with Crippen molar-refractivity contribution in [2.45, 2.75) is 38.5 Å². The lowest BCUT2D eigenvalue weighted by Crippen LogP contribution is -2.51. The van der Waals surface area contributed by atoms with Crippen LogP contribution in [0.1, 0.15) is 25.8 Å². The van der Waals surface area contributed by atoms with E-state index in [1.165, 1.54) is 16.7 Å². The Hall–Kier alpha value is -3.08. The van der Waals surface area contributed by atoms with Crippen LogP contribution in [0.5, 0.6) is 0 Å². The largest absolute Gasteiger partial charge is 0.449 e. The number of allylic oxidation sites excluding steroid dienone is 1. The fourth-order valence-corrected chi connectivity index (χ4v) is 3.54. The molecule has 0 aliphatic carbocycles. The van der Waals surface area contributed by atoms with Crippen molar-refractivity contribution >= 4 is 35.2 Å². The van der Waals surface area contributed by atoms with Gasteiger partial charge in [0.15, 0.2) is 0 Å². The Morgan fingerprint density at radius 1 is 1.31 bits per heavy atom. The van der Waals surface area contributed by atoms with Gasteiger partial charge in [0.1, 0.15) is 6.61 Å². The molecule has 2 N–H and O–H groups in total. The second kappa shape index (κ2) is 9.60. The third kappa shape index (κ3) is 5.39. The average molecular weight is 454 g/mol. The third-order valence-corrected chi connectivity index (χ3v) is 5.19. The molecule has 0 saturated carbocycles. The van der Waals surface area contributed by atoms with E-state index in [9.17, 15) is 22.8 Å². The standard InChI is InChI=1S/C21H25F3N4O4/c1-13-10-27(20(30)32-6-5-21(22,23)24)19-7-15(3-4-18(19)28(13)14(2)29)16(8-25)9-26-17-11-31-12-17/h3-4,7-9,13,17,25-26H,5-6,10-12H2,1-2H3/b16-9+,25-8?. The SMILES string of the molecule is CC(=O)N1c2ccc(/C(C=N)=C/NC3COC3)cc2N(C(=O)OCCC(F)(F)F)CC1C. The predicted octanol–water partition coefficient (Wildman–Crippen LogP) is 3.32. The zero-order valence-corrected chi connectivity index (χ0v) is 17.7. The minimum absolute atomic E-state index is 0.0577. The summed E-state index contributed by atoms with van der Waals surface area (Å²) in [6, 6.07) is 4.74. The number of amides is 2. The van der Waals surface area contributed by atoms with Crippen LogP contribution in [0, 0.1) is 5.41 Å². The summed E-state index contributed by atoms with van der Waals surface area (Å²) in [6.07, 6.45) is -3.79. The minimum Gasteiger partial charge on any atom is -0.449 e. The summed E-state index contributed by atoms with van der Waals surface area (Å²) in [5.74, 6) is -0.231. The van der Waals surface area contributed by atoms with Crippen molar-refractivity contribution in [3.63, 3.8) is 0 Å². The van der Waals surface area contributed by atoms with E-state index in [1.807, 2.05) is 0 Å². The molecular formula is C21H25F3N4O4. The Bertz CT molecular complexity index is 915. The Kier molecular flexibility index (Phi) is 7.07. The molecule has 3 rings (SSSR count). The highest BCUT2D eigenvalue weighted by atomic mass is 19.4. The van der Waals surface area contributed by atoms with Gasteiger partial charge in [-0.3, -0.25) is 9.69 Å². The molecule has 8 nitrogen and oxygen atoms in total. The molecule has 2 amide bonds. The van der Waals surface area contributed by atoms with Crippen LogP contribution >= 0.6 is 0 Å². The first-order chi connectivity index (χ1) is 15.1. The summed E-state index contributed by atoms with van der Waals surface area (Å²) in [6.45, 7) is 3.53. The van der Waals surface area contributed by atoms with Gasteiger partial charge in [0.05, 0.1) is 43.1 Å². The summed E-state index contributed by atoms with van der Waals surface area (Å²) in [5.41, 5.74) is 1.89. The molecule has 0 radical (unpaired) electrons. The van der Waals surface area contributed by atoms with Crippen LogP contribution in [0.4, 0.5) is 29.3 Å². The van der Waals surface area contributed by atoms with Gasteiger partial charge in [0, 0.05) is 31.5 Å². The van der Waals surface area contributed by atoms with Crippen LogP contribution in [0.25, 0.3) is 5.57 Å². The molecule has 2 heterocycles. The minimum atomic E-state index is -4.44. The number of fused-ring (bicyclic) bond motifs is 1. The third-order valence-electron chi connectivity index (χ3n) is 5.19. The van der Waals surface area contributed by atoms with Crippen molar-refractivity contribution in [1.29, 1.82) is 5.41 Å². The van der Waals surface area contributed by atoms with Crippen molar-refractivity contribution in [2.24, 2.45) is 0 Å². The van der Waals surface area contributed by atoms with Gasteiger partial charge in [-0.25, -0.2) is 4.79 Å². The molecule has 1 fully saturated rings. The van der Waals surface area contributed by atoms with Gasteiger partial charge in [-0.1, -0.05) is 6.07 Å². The zero-order chi connectivity index (χ0) is 23.5. The first kappa shape index (κ1) is 23.6. The number of carbonyl (C=O) groups excluding carboxylic acids is 2. The number of halogens is 3. The van der Waals surface area contributed by atoms with Gasteiger partial charge in [-0.15, -0.1) is 0 Å². The summed E-state index contributed by atoms with van der Waals surface area (Å²) >= 11 is 0. The number of hydrogen-bond donors (Lipinski definition) is 2. The number of benzene rings is 1. The fraction of sp³-hybridized carbons (Fsp3) is 0.476. The molecule has 1 saturated heterocycles. The number of hydrogen-bond acceptors (Lipinski definition) is 6. The Balaban J connectivity index is 1.91. The summed E-state index contributed by atoms with van der Waals surface area (Å²) in [4.78, 5) is 27.6. The molecule has 0 bridgehead atoms. The van der Waals surface area contributed by atoms with Crippen molar-refractivity contribution in [2.75, 3.05) is 36.2 Å². The number of alkyl halides is 3. The number of nitrogens with zero attached hydrogens (tertiary/aromatic N) is 2. The molecule has 32 heavy (non-hydrogen) atoms. The molecule has 2 aliphatic rings. The maximum Gasteiger partial charge on any atom is 0.414 e. The van der Waals surface area contributed by atoms with Crippen molar-refractivity contribution < 1.29 is 32.2 Å². The van der Waals surface area contributed by atoms with Crippen molar-refractivity contribution in [3.05, 3.63) is 30.0 Å². The quantitative estimate of drug-likeness (QED) is 0.643. The van der Waals surface area contributed by atoms with Crippen LogP contribution < -0.4 is 15.1 Å². The van der Waals surface area contributed by atoms with E-state index in [-0.39, 0.29) is 18.5 Å². The van der Waals surface area contributed by atoms with Gasteiger partial charge >= 0.3 is 12.3 Å². The summed E-state index contributed by atoms with van der Waals surface area (Å²) in [7, 11) is 0. The lowest BCUT2D eigenvalue weighted by molar-refractivity contribution is -0.141. The van der Waals surface area contributed by atoms with E-state index in [0.29, 0.717) is 35.7 Å². The Morgan fingerprint density at radius 3 is 2.59 bits per heavy atom. The van der Waals surface area contributed by atoms with Crippen LogP contribution in [0.2, 0.25) is 0 Å². The first-order valence-corrected chi connectivity index (χ1v) is 10.1. The molecule has 1 unspecified atom stereocenters.